The minimum Gasteiger partial charge on any atom is -0.490 e. The molecule has 0 spiro atoms. The zero-order valence-electron chi connectivity index (χ0n) is 19.7. The second kappa shape index (κ2) is 12.0. The number of aryl methyl sites for hydroxylation is 1. The van der Waals surface area contributed by atoms with Gasteiger partial charge in [0.1, 0.15) is 17.9 Å². The second-order valence-electron chi connectivity index (χ2n) is 8.00. The van der Waals surface area contributed by atoms with E-state index in [0.717, 1.165) is 29.1 Å². The highest BCUT2D eigenvalue weighted by Gasteiger charge is 2.19. The summed E-state index contributed by atoms with van der Waals surface area (Å²) in [6, 6.07) is 5.39. The Labute approximate surface area is 205 Å². The van der Waals surface area contributed by atoms with Crippen molar-refractivity contribution in [3.8, 4) is 5.75 Å². The van der Waals surface area contributed by atoms with Gasteiger partial charge in [0.2, 0.25) is 0 Å². The largest absolute Gasteiger partial charge is 0.490 e. The Morgan fingerprint density at radius 3 is 2.71 bits per heavy atom. The average molecular weight is 509 g/mol. The number of carbonyl (C=O) groups is 2. The van der Waals surface area contributed by atoms with Gasteiger partial charge in [0.25, 0.3) is 19.1 Å². The van der Waals surface area contributed by atoms with E-state index in [0.29, 0.717) is 11.3 Å². The van der Waals surface area contributed by atoms with Gasteiger partial charge in [-0.1, -0.05) is 24.7 Å². The molecule has 1 N–H and O–H groups in total. The summed E-state index contributed by atoms with van der Waals surface area (Å²) in [5, 5.41) is 9.53. The Kier molecular flexibility index (Phi) is 9.05. The summed E-state index contributed by atoms with van der Waals surface area (Å²) in [4.78, 5) is 29.0. The number of hydrogen-bond acceptors (Lipinski definition) is 6. The Morgan fingerprint density at radius 2 is 2.06 bits per heavy atom. The summed E-state index contributed by atoms with van der Waals surface area (Å²) in [6.45, 7) is 5.42. The van der Waals surface area contributed by atoms with Gasteiger partial charge in [-0.3, -0.25) is 9.59 Å². The highest BCUT2D eigenvalue weighted by molar-refractivity contribution is 7.16. The molecule has 0 saturated heterocycles. The van der Waals surface area contributed by atoms with Crippen molar-refractivity contribution >= 4 is 33.4 Å². The van der Waals surface area contributed by atoms with Crippen LogP contribution in [0, 0.1) is 0 Å². The van der Waals surface area contributed by atoms with Gasteiger partial charge >= 0.3 is 5.97 Å². The fourth-order valence-corrected chi connectivity index (χ4v) is 4.27. The lowest BCUT2D eigenvalue weighted by molar-refractivity contribution is -0.726. The van der Waals surface area contributed by atoms with E-state index in [1.807, 2.05) is 23.8 Å². The first-order valence-electron chi connectivity index (χ1n) is 11.2. The van der Waals surface area contributed by atoms with Crippen molar-refractivity contribution in [1.29, 1.82) is 0 Å². The van der Waals surface area contributed by atoms with Crippen molar-refractivity contribution in [2.24, 2.45) is 4.99 Å². The van der Waals surface area contributed by atoms with Gasteiger partial charge in [-0.05, 0) is 31.5 Å². The summed E-state index contributed by atoms with van der Waals surface area (Å²) in [6.07, 6.45) is 1.73. The number of rotatable bonds is 10. The molecule has 0 aliphatic heterocycles. The maximum absolute atomic E-state index is 13.3. The molecule has 3 aromatic rings. The lowest BCUT2D eigenvalue weighted by Crippen LogP contribution is -2.35. The number of pyridine rings is 1. The van der Waals surface area contributed by atoms with Crippen molar-refractivity contribution in [2.45, 2.75) is 59.4 Å². The molecule has 188 valence electrons. The minimum absolute atomic E-state index is 0.0463. The number of hydrogen-bond donors (Lipinski definition) is 1. The Hall–Kier alpha value is -3.18. The van der Waals surface area contributed by atoms with E-state index in [2.05, 4.69) is 4.99 Å². The number of benzene rings is 1. The minimum atomic E-state index is -2.76. The number of esters is 1. The van der Waals surface area contributed by atoms with Crippen LogP contribution in [-0.2, 0) is 22.8 Å². The van der Waals surface area contributed by atoms with E-state index in [1.54, 1.807) is 10.8 Å². The van der Waals surface area contributed by atoms with Crippen molar-refractivity contribution in [2.75, 3.05) is 6.61 Å². The summed E-state index contributed by atoms with van der Waals surface area (Å²) >= 11 is 1.29. The standard InChI is InChI=1S/C24H28F2N3O5S/c1-4-5-9-29-19-12-28(14-34-16(3)31)10-8-21(19)35-24(29)27-23(32)18-11-17(22(25)26)6-7-20(18)33-13-15(2)30/h6-8,10-12,15,22,30H,4-5,9,13-14H2,1-3H3/q+1/t15-/m0/s1. The Balaban J connectivity index is 2.08. The molecular formula is C24H28F2N3O5S+. The molecule has 11 heteroatoms. The molecule has 35 heavy (non-hydrogen) atoms. The molecular weight excluding hydrogens is 480 g/mol. The van der Waals surface area contributed by atoms with E-state index in [1.165, 1.54) is 37.3 Å². The number of alkyl halides is 2. The van der Waals surface area contributed by atoms with Crippen LogP contribution in [-0.4, -0.2) is 34.3 Å². The number of fused-ring (bicyclic) bond motifs is 1. The van der Waals surface area contributed by atoms with Gasteiger partial charge in [-0.15, -0.1) is 0 Å². The van der Waals surface area contributed by atoms with Gasteiger partial charge in [-0.25, -0.2) is 8.78 Å². The quantitative estimate of drug-likeness (QED) is 0.333. The predicted octanol–water partition coefficient (Wildman–Crippen LogP) is 3.75. The van der Waals surface area contributed by atoms with Gasteiger partial charge in [0.15, 0.2) is 17.2 Å². The van der Waals surface area contributed by atoms with E-state index >= 15 is 0 Å². The number of aromatic nitrogens is 2. The molecule has 0 saturated carbocycles. The smallest absolute Gasteiger partial charge is 0.307 e. The number of thiazole rings is 1. The van der Waals surface area contributed by atoms with Crippen LogP contribution in [0.15, 0.2) is 41.7 Å². The first kappa shape index (κ1) is 26.4. The number of ether oxygens (including phenoxy) is 2. The maximum atomic E-state index is 13.3. The molecule has 0 fully saturated rings. The molecule has 8 nitrogen and oxygen atoms in total. The predicted molar refractivity (Wildman–Crippen MR) is 125 cm³/mol. The molecule has 1 atom stereocenters. The molecule has 2 aromatic heterocycles. The zero-order chi connectivity index (χ0) is 25.5. The molecule has 1 aromatic carbocycles. The molecule has 0 radical (unpaired) electrons. The number of aliphatic hydroxyl groups excluding tert-OH is 1. The SMILES string of the molecule is CCCCn1c(=NC(=O)c2cc(C(F)F)ccc2OC[C@H](C)O)sc2cc[n+](COC(C)=O)cc21. The molecule has 0 bridgehead atoms. The third-order valence-electron chi connectivity index (χ3n) is 5.00. The first-order chi connectivity index (χ1) is 16.7. The Morgan fingerprint density at radius 1 is 1.29 bits per heavy atom. The molecule has 3 rings (SSSR count). The van der Waals surface area contributed by atoms with Crippen molar-refractivity contribution in [1.82, 2.24) is 4.57 Å². The van der Waals surface area contributed by atoms with Gasteiger partial charge in [0.05, 0.1) is 16.4 Å². The summed E-state index contributed by atoms with van der Waals surface area (Å²) < 4.78 is 41.6. The summed E-state index contributed by atoms with van der Waals surface area (Å²) in [7, 11) is 0. The van der Waals surface area contributed by atoms with Crippen LogP contribution in [0.1, 0.15) is 56.0 Å². The molecule has 0 aliphatic rings. The number of unbranched alkanes of at least 4 members (excludes halogenated alkanes) is 1. The molecule has 2 heterocycles. The average Bonchev–Trinajstić information content (AvgIpc) is 3.15. The van der Waals surface area contributed by atoms with Crippen LogP contribution >= 0.6 is 11.3 Å². The van der Waals surface area contributed by atoms with Crippen LogP contribution in [0.2, 0.25) is 0 Å². The zero-order valence-corrected chi connectivity index (χ0v) is 20.6. The van der Waals surface area contributed by atoms with Crippen molar-refractivity contribution < 1.29 is 37.5 Å². The molecule has 1 amide bonds. The number of nitrogens with zero attached hydrogens (tertiary/aromatic N) is 3. The van der Waals surface area contributed by atoms with Gasteiger partial charge < -0.3 is 19.1 Å². The third-order valence-corrected chi connectivity index (χ3v) is 6.06. The van der Waals surface area contributed by atoms with Crippen LogP contribution in [0.25, 0.3) is 10.2 Å². The van der Waals surface area contributed by atoms with Crippen molar-refractivity contribution in [3.63, 3.8) is 0 Å². The second-order valence-corrected chi connectivity index (χ2v) is 9.01. The van der Waals surface area contributed by atoms with E-state index in [9.17, 15) is 23.5 Å². The number of halogens is 2. The number of amides is 1. The monoisotopic (exact) mass is 508 g/mol. The van der Waals surface area contributed by atoms with Gasteiger partial charge in [-0.2, -0.15) is 9.56 Å². The highest BCUT2D eigenvalue weighted by Crippen LogP contribution is 2.27. The lowest BCUT2D eigenvalue weighted by atomic mass is 10.1. The Bertz CT molecular complexity index is 1270. The third kappa shape index (κ3) is 6.92. The topological polar surface area (TPSA) is 94.0 Å². The van der Waals surface area contributed by atoms with E-state index < -0.39 is 24.4 Å². The van der Waals surface area contributed by atoms with E-state index in [4.69, 9.17) is 9.47 Å². The van der Waals surface area contributed by atoms with Crippen LogP contribution < -0.4 is 14.1 Å². The maximum Gasteiger partial charge on any atom is 0.307 e. The molecule has 0 unspecified atom stereocenters. The number of aliphatic hydroxyl groups is 1. The van der Waals surface area contributed by atoms with Crippen LogP contribution in [0.3, 0.4) is 0 Å². The normalized spacial score (nSPS) is 12.8. The molecule has 0 aliphatic carbocycles. The first-order valence-corrected chi connectivity index (χ1v) is 12.0. The number of carbonyl (C=O) groups excluding carboxylic acids is 2. The lowest BCUT2D eigenvalue weighted by Gasteiger charge is -2.12. The van der Waals surface area contributed by atoms with Crippen molar-refractivity contribution in [3.05, 3.63) is 52.6 Å². The summed E-state index contributed by atoms with van der Waals surface area (Å²) in [5.74, 6) is -1.05. The van der Waals surface area contributed by atoms with Crippen LogP contribution in [0.5, 0.6) is 5.75 Å². The van der Waals surface area contributed by atoms with Gasteiger partial charge in [0, 0.05) is 25.1 Å². The van der Waals surface area contributed by atoms with Crippen LogP contribution in [0.4, 0.5) is 8.78 Å². The highest BCUT2D eigenvalue weighted by atomic mass is 32.1. The fourth-order valence-electron chi connectivity index (χ4n) is 3.25. The fraction of sp³-hybridized carbons (Fsp3) is 0.417. The summed E-state index contributed by atoms with van der Waals surface area (Å²) in [5.41, 5.74) is 0.374. The van der Waals surface area contributed by atoms with E-state index in [-0.39, 0.29) is 30.2 Å².